The molecule has 1 atom stereocenters. The van der Waals surface area contributed by atoms with Crippen molar-refractivity contribution >= 4 is 34.6 Å². The van der Waals surface area contributed by atoms with Crippen LogP contribution in [0.2, 0.25) is 0 Å². The van der Waals surface area contributed by atoms with Crippen LogP contribution in [0.25, 0.3) is 0 Å². The molecule has 1 aliphatic rings. The van der Waals surface area contributed by atoms with Crippen LogP contribution >= 0.6 is 11.3 Å². The summed E-state index contributed by atoms with van der Waals surface area (Å²) < 4.78 is 13.3. The normalized spacial score (nSPS) is 15.7. The molecule has 31 heavy (non-hydrogen) atoms. The Kier molecular flexibility index (Phi) is 5.94. The Hall–Kier alpha value is -3.33. The molecule has 7 nitrogen and oxygen atoms in total. The van der Waals surface area contributed by atoms with E-state index in [1.54, 1.807) is 11.0 Å². The van der Waals surface area contributed by atoms with Crippen molar-refractivity contribution in [2.75, 3.05) is 17.2 Å². The monoisotopic (exact) mass is 439 g/mol. The smallest absolute Gasteiger partial charge is 0.320 e. The first-order chi connectivity index (χ1) is 14.9. The molecular formula is C22H22FN5O2S. The van der Waals surface area contributed by atoms with E-state index in [1.165, 1.54) is 18.2 Å². The Balaban J connectivity index is 1.45. The van der Waals surface area contributed by atoms with E-state index in [0.29, 0.717) is 17.2 Å². The third kappa shape index (κ3) is 4.72. The molecule has 1 aliphatic heterocycles. The molecule has 0 saturated carbocycles. The standard InChI is InChI=1S/C22H22FN5O2S/c1-13-8-9-17(11-14(13)2)25-22(30)28-10-4-7-18(28)20-26-27-21(31-20)19(29)24-16-6-3-5-15(23)12-16/h3,5-6,8-9,11-12,18H,4,7,10H2,1-2H3,(H,24,29)(H,25,30)/t18-/m0/s1. The molecule has 0 bridgehead atoms. The zero-order chi connectivity index (χ0) is 22.0. The van der Waals surface area contributed by atoms with Crippen molar-refractivity contribution in [1.82, 2.24) is 15.1 Å². The van der Waals surface area contributed by atoms with Gasteiger partial charge in [-0.25, -0.2) is 9.18 Å². The lowest BCUT2D eigenvalue weighted by molar-refractivity contribution is 0.102. The predicted octanol–water partition coefficient (Wildman–Crippen LogP) is 4.92. The third-order valence-electron chi connectivity index (χ3n) is 5.27. The maximum Gasteiger partial charge on any atom is 0.322 e. The second kappa shape index (κ2) is 8.81. The average molecular weight is 440 g/mol. The largest absolute Gasteiger partial charge is 0.322 e. The van der Waals surface area contributed by atoms with Gasteiger partial charge in [-0.05, 0) is 68.1 Å². The van der Waals surface area contributed by atoms with Gasteiger partial charge < -0.3 is 15.5 Å². The molecular weight excluding hydrogens is 417 g/mol. The third-order valence-corrected chi connectivity index (χ3v) is 6.30. The number of amides is 3. The van der Waals surface area contributed by atoms with Gasteiger partial charge in [0.05, 0.1) is 6.04 Å². The Morgan fingerprint density at radius 3 is 2.65 bits per heavy atom. The maximum atomic E-state index is 13.3. The number of benzene rings is 2. The number of likely N-dealkylation sites (tertiary alicyclic amines) is 1. The SMILES string of the molecule is Cc1ccc(NC(=O)N2CCC[C@H]2c2nnc(C(=O)Nc3cccc(F)c3)s2)cc1C. The van der Waals surface area contributed by atoms with Gasteiger partial charge in [-0.2, -0.15) is 0 Å². The van der Waals surface area contributed by atoms with Crippen molar-refractivity contribution in [3.8, 4) is 0 Å². The molecule has 0 radical (unpaired) electrons. The van der Waals surface area contributed by atoms with Gasteiger partial charge in [0, 0.05) is 17.9 Å². The average Bonchev–Trinajstić information content (AvgIpc) is 3.40. The minimum Gasteiger partial charge on any atom is -0.320 e. The number of rotatable bonds is 4. The molecule has 3 aromatic rings. The molecule has 1 aromatic heterocycles. The van der Waals surface area contributed by atoms with Crippen LogP contribution in [0.4, 0.5) is 20.6 Å². The van der Waals surface area contributed by atoms with Gasteiger partial charge in [0.15, 0.2) is 0 Å². The summed E-state index contributed by atoms with van der Waals surface area (Å²) in [5, 5.41) is 14.5. The van der Waals surface area contributed by atoms with Gasteiger partial charge in [0.1, 0.15) is 10.8 Å². The number of aryl methyl sites for hydroxylation is 2. The van der Waals surface area contributed by atoms with E-state index in [0.717, 1.165) is 41.0 Å². The molecule has 160 valence electrons. The van der Waals surface area contributed by atoms with Gasteiger partial charge in [0.2, 0.25) is 5.01 Å². The highest BCUT2D eigenvalue weighted by molar-refractivity contribution is 7.13. The van der Waals surface area contributed by atoms with Gasteiger partial charge in [0.25, 0.3) is 5.91 Å². The fourth-order valence-corrected chi connectivity index (χ4v) is 4.38. The topological polar surface area (TPSA) is 87.2 Å². The molecule has 9 heteroatoms. The summed E-state index contributed by atoms with van der Waals surface area (Å²) in [4.78, 5) is 27.0. The number of nitrogens with one attached hydrogen (secondary N) is 2. The fourth-order valence-electron chi connectivity index (χ4n) is 3.49. The Morgan fingerprint density at radius 1 is 1.06 bits per heavy atom. The predicted molar refractivity (Wildman–Crippen MR) is 118 cm³/mol. The highest BCUT2D eigenvalue weighted by Crippen LogP contribution is 2.34. The lowest BCUT2D eigenvalue weighted by Crippen LogP contribution is -2.34. The quantitative estimate of drug-likeness (QED) is 0.604. The molecule has 1 fully saturated rings. The van der Waals surface area contributed by atoms with Crippen LogP contribution in [-0.4, -0.2) is 33.6 Å². The van der Waals surface area contributed by atoms with E-state index in [4.69, 9.17) is 0 Å². The van der Waals surface area contributed by atoms with Crippen LogP contribution in [-0.2, 0) is 0 Å². The first-order valence-electron chi connectivity index (χ1n) is 9.96. The molecule has 2 aromatic carbocycles. The molecule has 1 saturated heterocycles. The van der Waals surface area contributed by atoms with Crippen molar-refractivity contribution in [1.29, 1.82) is 0 Å². The van der Waals surface area contributed by atoms with Crippen molar-refractivity contribution in [2.45, 2.75) is 32.7 Å². The van der Waals surface area contributed by atoms with E-state index >= 15 is 0 Å². The van der Waals surface area contributed by atoms with Crippen LogP contribution in [0.15, 0.2) is 42.5 Å². The van der Waals surface area contributed by atoms with Crippen LogP contribution in [0.3, 0.4) is 0 Å². The van der Waals surface area contributed by atoms with Gasteiger partial charge >= 0.3 is 6.03 Å². The highest BCUT2D eigenvalue weighted by atomic mass is 32.1. The zero-order valence-corrected chi connectivity index (χ0v) is 18.0. The Bertz CT molecular complexity index is 1130. The van der Waals surface area contributed by atoms with E-state index in [9.17, 15) is 14.0 Å². The first-order valence-corrected chi connectivity index (χ1v) is 10.8. The molecule has 4 rings (SSSR count). The number of aromatic nitrogens is 2. The number of halogens is 1. The number of hydrogen-bond acceptors (Lipinski definition) is 5. The fraction of sp³-hybridized carbons (Fsp3) is 0.273. The molecule has 3 amide bonds. The van der Waals surface area contributed by atoms with Crippen LogP contribution in [0, 0.1) is 19.7 Å². The van der Waals surface area contributed by atoms with Crippen molar-refractivity contribution < 1.29 is 14.0 Å². The minimum absolute atomic E-state index is 0.167. The number of nitrogens with zero attached hydrogens (tertiary/aromatic N) is 3. The number of hydrogen-bond donors (Lipinski definition) is 2. The maximum absolute atomic E-state index is 13.3. The summed E-state index contributed by atoms with van der Waals surface area (Å²) >= 11 is 1.14. The van der Waals surface area contributed by atoms with Crippen LogP contribution in [0.1, 0.15) is 44.8 Å². The Labute approximate surface area is 183 Å². The molecule has 0 aliphatic carbocycles. The Morgan fingerprint density at radius 2 is 1.87 bits per heavy atom. The van der Waals surface area contributed by atoms with Crippen molar-refractivity contribution in [3.05, 3.63) is 69.4 Å². The van der Waals surface area contributed by atoms with Crippen LogP contribution in [0.5, 0.6) is 0 Å². The second-order valence-corrected chi connectivity index (χ2v) is 8.50. The summed E-state index contributed by atoms with van der Waals surface area (Å²) in [5.41, 5.74) is 3.35. The summed E-state index contributed by atoms with van der Waals surface area (Å²) in [5.74, 6) is -0.898. The molecule has 2 heterocycles. The number of urea groups is 1. The summed E-state index contributed by atoms with van der Waals surface area (Å²) in [6.07, 6.45) is 1.59. The van der Waals surface area contributed by atoms with Crippen molar-refractivity contribution in [2.24, 2.45) is 0 Å². The summed E-state index contributed by atoms with van der Waals surface area (Å²) in [6.45, 7) is 4.63. The second-order valence-electron chi connectivity index (χ2n) is 7.49. The number of carbonyl (C=O) groups excluding carboxylic acids is 2. The number of carbonyl (C=O) groups is 2. The minimum atomic E-state index is -0.460. The zero-order valence-electron chi connectivity index (χ0n) is 17.2. The van der Waals surface area contributed by atoms with E-state index in [1.807, 2.05) is 32.0 Å². The van der Waals surface area contributed by atoms with E-state index in [-0.39, 0.29) is 17.1 Å². The first kappa shape index (κ1) is 20.9. The van der Waals surface area contributed by atoms with E-state index < -0.39 is 11.7 Å². The molecule has 0 spiro atoms. The molecule has 2 N–H and O–H groups in total. The van der Waals surface area contributed by atoms with Gasteiger partial charge in [-0.15, -0.1) is 10.2 Å². The summed E-state index contributed by atoms with van der Waals surface area (Å²) in [7, 11) is 0. The lowest BCUT2D eigenvalue weighted by Gasteiger charge is -2.23. The summed E-state index contributed by atoms with van der Waals surface area (Å²) in [6, 6.07) is 11.0. The van der Waals surface area contributed by atoms with Gasteiger partial charge in [-0.1, -0.05) is 23.5 Å². The van der Waals surface area contributed by atoms with E-state index in [2.05, 4.69) is 20.8 Å². The molecule has 0 unspecified atom stereocenters. The van der Waals surface area contributed by atoms with Gasteiger partial charge in [-0.3, -0.25) is 4.79 Å². The van der Waals surface area contributed by atoms with Crippen LogP contribution < -0.4 is 10.6 Å². The number of anilines is 2. The van der Waals surface area contributed by atoms with Crippen molar-refractivity contribution in [3.63, 3.8) is 0 Å². The highest BCUT2D eigenvalue weighted by Gasteiger charge is 2.33. The lowest BCUT2D eigenvalue weighted by atomic mass is 10.1.